The molecule has 1 aliphatic rings. The van der Waals surface area contributed by atoms with Gasteiger partial charge in [0.1, 0.15) is 5.75 Å². The first kappa shape index (κ1) is 14.1. The average Bonchev–Trinajstić information content (AvgIpc) is 2.99. The molecule has 2 aromatic rings. The minimum atomic E-state index is 0.256. The Bertz CT molecular complexity index is 647. The zero-order chi connectivity index (χ0) is 15.0. The third-order valence-electron chi connectivity index (χ3n) is 4.48. The van der Waals surface area contributed by atoms with Gasteiger partial charge < -0.3 is 10.4 Å². The summed E-state index contributed by atoms with van der Waals surface area (Å²) < 4.78 is 1.83. The average molecular weight is 285 g/mol. The zero-order valence-electron chi connectivity index (χ0n) is 12.9. The van der Waals surface area contributed by atoms with E-state index < -0.39 is 0 Å². The fourth-order valence-corrected chi connectivity index (χ4v) is 3.52. The van der Waals surface area contributed by atoms with E-state index in [4.69, 9.17) is 0 Å². The van der Waals surface area contributed by atoms with E-state index in [1.165, 1.54) is 16.7 Å². The SMILES string of the molecule is Cc1ccc(O)c2c1C(C)CC2NCCc1cnn(C)c1. The molecule has 112 valence electrons. The molecule has 1 aliphatic carbocycles. The van der Waals surface area contributed by atoms with Crippen LogP contribution in [0.4, 0.5) is 0 Å². The first-order valence-corrected chi connectivity index (χ1v) is 7.59. The number of hydrogen-bond acceptors (Lipinski definition) is 3. The number of aryl methyl sites for hydroxylation is 2. The van der Waals surface area contributed by atoms with Gasteiger partial charge >= 0.3 is 0 Å². The highest BCUT2D eigenvalue weighted by atomic mass is 16.3. The van der Waals surface area contributed by atoms with E-state index in [0.29, 0.717) is 11.7 Å². The van der Waals surface area contributed by atoms with E-state index in [1.807, 2.05) is 30.1 Å². The summed E-state index contributed by atoms with van der Waals surface area (Å²) in [6, 6.07) is 4.09. The van der Waals surface area contributed by atoms with Crippen LogP contribution in [0.1, 0.15) is 47.6 Å². The van der Waals surface area contributed by atoms with Crippen LogP contribution in [0.2, 0.25) is 0 Å². The Morgan fingerprint density at radius 1 is 1.38 bits per heavy atom. The van der Waals surface area contributed by atoms with Gasteiger partial charge in [-0.1, -0.05) is 13.0 Å². The lowest BCUT2D eigenvalue weighted by atomic mass is 9.97. The maximum atomic E-state index is 10.2. The molecule has 2 N–H and O–H groups in total. The number of benzene rings is 1. The Morgan fingerprint density at radius 3 is 2.90 bits per heavy atom. The summed E-state index contributed by atoms with van der Waals surface area (Å²) in [5.74, 6) is 0.932. The number of aromatic hydroxyl groups is 1. The molecule has 4 heteroatoms. The van der Waals surface area contributed by atoms with Gasteiger partial charge in [-0.15, -0.1) is 0 Å². The normalized spacial score (nSPS) is 20.7. The van der Waals surface area contributed by atoms with Crippen molar-refractivity contribution in [3.05, 3.63) is 46.8 Å². The van der Waals surface area contributed by atoms with Crippen LogP contribution in [0.25, 0.3) is 0 Å². The summed E-state index contributed by atoms with van der Waals surface area (Å²) in [4.78, 5) is 0. The molecule has 4 nitrogen and oxygen atoms in total. The van der Waals surface area contributed by atoms with Gasteiger partial charge in [-0.25, -0.2) is 0 Å². The molecule has 0 spiro atoms. The predicted octanol–water partition coefficient (Wildman–Crippen LogP) is 2.81. The molecule has 0 aliphatic heterocycles. The van der Waals surface area contributed by atoms with E-state index in [0.717, 1.165) is 24.9 Å². The van der Waals surface area contributed by atoms with Gasteiger partial charge in [0.15, 0.2) is 0 Å². The highest BCUT2D eigenvalue weighted by molar-refractivity contribution is 5.50. The van der Waals surface area contributed by atoms with Crippen molar-refractivity contribution in [3.63, 3.8) is 0 Å². The molecule has 0 radical (unpaired) electrons. The predicted molar refractivity (Wildman–Crippen MR) is 83.5 cm³/mol. The molecule has 3 rings (SSSR count). The lowest BCUT2D eigenvalue weighted by Crippen LogP contribution is -2.22. The second-order valence-electron chi connectivity index (χ2n) is 6.14. The maximum absolute atomic E-state index is 10.2. The topological polar surface area (TPSA) is 50.1 Å². The molecule has 0 saturated heterocycles. The largest absolute Gasteiger partial charge is 0.508 e. The van der Waals surface area contributed by atoms with Crippen LogP contribution in [0.3, 0.4) is 0 Å². The van der Waals surface area contributed by atoms with E-state index in [1.54, 1.807) is 0 Å². The Kier molecular flexibility index (Phi) is 3.72. The van der Waals surface area contributed by atoms with E-state index in [9.17, 15) is 5.11 Å². The third kappa shape index (κ3) is 2.68. The summed E-state index contributed by atoms with van der Waals surface area (Å²) in [7, 11) is 1.94. The summed E-state index contributed by atoms with van der Waals surface area (Å²) in [6.45, 7) is 5.27. The number of phenols is 1. The number of aromatic nitrogens is 2. The van der Waals surface area contributed by atoms with Crippen LogP contribution in [0, 0.1) is 6.92 Å². The zero-order valence-corrected chi connectivity index (χ0v) is 12.9. The molecule has 1 aromatic heterocycles. The minimum absolute atomic E-state index is 0.256. The van der Waals surface area contributed by atoms with Crippen molar-refractivity contribution < 1.29 is 5.11 Å². The molecular formula is C17H23N3O. The number of nitrogens with one attached hydrogen (secondary N) is 1. The van der Waals surface area contributed by atoms with E-state index in [-0.39, 0.29) is 6.04 Å². The minimum Gasteiger partial charge on any atom is -0.508 e. The van der Waals surface area contributed by atoms with Gasteiger partial charge in [0, 0.05) is 24.8 Å². The van der Waals surface area contributed by atoms with Crippen molar-refractivity contribution in [2.45, 2.75) is 38.6 Å². The van der Waals surface area contributed by atoms with Crippen molar-refractivity contribution in [1.82, 2.24) is 15.1 Å². The van der Waals surface area contributed by atoms with Crippen molar-refractivity contribution in [2.75, 3.05) is 6.54 Å². The summed E-state index contributed by atoms with van der Waals surface area (Å²) in [6.07, 6.45) is 5.98. The van der Waals surface area contributed by atoms with Crippen molar-refractivity contribution in [2.24, 2.45) is 7.05 Å². The first-order chi connectivity index (χ1) is 10.1. The number of nitrogens with zero attached hydrogens (tertiary/aromatic N) is 2. The van der Waals surface area contributed by atoms with Crippen LogP contribution in [0.5, 0.6) is 5.75 Å². The van der Waals surface area contributed by atoms with Crippen LogP contribution < -0.4 is 5.32 Å². The Morgan fingerprint density at radius 2 is 2.19 bits per heavy atom. The fraction of sp³-hybridized carbons (Fsp3) is 0.471. The number of fused-ring (bicyclic) bond motifs is 1. The monoisotopic (exact) mass is 285 g/mol. The van der Waals surface area contributed by atoms with Gasteiger partial charge in [-0.05, 0) is 55.0 Å². The highest BCUT2D eigenvalue weighted by Crippen LogP contribution is 2.45. The van der Waals surface area contributed by atoms with Crippen LogP contribution in [-0.4, -0.2) is 21.4 Å². The quantitative estimate of drug-likeness (QED) is 0.908. The van der Waals surface area contributed by atoms with Crippen molar-refractivity contribution in [3.8, 4) is 5.75 Å². The van der Waals surface area contributed by atoms with E-state index >= 15 is 0 Å². The molecule has 0 bridgehead atoms. The molecule has 0 saturated carbocycles. The number of hydrogen-bond donors (Lipinski definition) is 2. The highest BCUT2D eigenvalue weighted by Gasteiger charge is 2.31. The Balaban J connectivity index is 1.70. The lowest BCUT2D eigenvalue weighted by Gasteiger charge is -2.15. The molecule has 21 heavy (non-hydrogen) atoms. The summed E-state index contributed by atoms with van der Waals surface area (Å²) >= 11 is 0. The van der Waals surface area contributed by atoms with Gasteiger partial charge in [0.05, 0.1) is 6.20 Å². The van der Waals surface area contributed by atoms with Crippen molar-refractivity contribution in [1.29, 1.82) is 0 Å². The molecule has 0 fully saturated rings. The Hall–Kier alpha value is -1.81. The molecular weight excluding hydrogens is 262 g/mol. The standard InChI is InChI=1S/C17H23N3O/c1-11-4-5-15(21)17-14(8-12(2)16(11)17)18-7-6-13-9-19-20(3)10-13/h4-5,9-10,12,14,18,21H,6-8H2,1-3H3. The van der Waals surface area contributed by atoms with Crippen LogP contribution in [0.15, 0.2) is 24.5 Å². The second kappa shape index (κ2) is 5.53. The van der Waals surface area contributed by atoms with Gasteiger partial charge in [-0.2, -0.15) is 5.10 Å². The Labute approximate surface area is 125 Å². The number of phenolic OH excluding ortho intramolecular Hbond substituents is 1. The van der Waals surface area contributed by atoms with Crippen LogP contribution >= 0.6 is 0 Å². The van der Waals surface area contributed by atoms with Gasteiger partial charge in [0.2, 0.25) is 0 Å². The summed E-state index contributed by atoms with van der Waals surface area (Å²) in [5.41, 5.74) is 4.96. The molecule has 2 unspecified atom stereocenters. The molecule has 0 amide bonds. The van der Waals surface area contributed by atoms with Gasteiger partial charge in [-0.3, -0.25) is 4.68 Å². The summed E-state index contributed by atoms with van der Waals surface area (Å²) in [5, 5.41) is 18.0. The number of rotatable bonds is 4. The lowest BCUT2D eigenvalue weighted by molar-refractivity contribution is 0.446. The van der Waals surface area contributed by atoms with Gasteiger partial charge in [0.25, 0.3) is 0 Å². The molecule has 1 heterocycles. The molecule has 2 atom stereocenters. The van der Waals surface area contributed by atoms with Crippen LogP contribution in [-0.2, 0) is 13.5 Å². The molecule has 1 aromatic carbocycles. The third-order valence-corrected chi connectivity index (χ3v) is 4.48. The van der Waals surface area contributed by atoms with Crippen molar-refractivity contribution >= 4 is 0 Å². The maximum Gasteiger partial charge on any atom is 0.120 e. The fourth-order valence-electron chi connectivity index (χ4n) is 3.52. The van der Waals surface area contributed by atoms with E-state index in [2.05, 4.69) is 30.5 Å². The smallest absolute Gasteiger partial charge is 0.120 e. The first-order valence-electron chi connectivity index (χ1n) is 7.59. The second-order valence-corrected chi connectivity index (χ2v) is 6.14.